The van der Waals surface area contributed by atoms with E-state index in [-0.39, 0.29) is 12.1 Å². The number of hydrogen-bond acceptors (Lipinski definition) is 2. The molecule has 2 aromatic rings. The lowest BCUT2D eigenvalue weighted by Crippen LogP contribution is -2.24. The Morgan fingerprint density at radius 2 is 1.80 bits per heavy atom. The van der Waals surface area contributed by atoms with E-state index in [4.69, 9.17) is 33.7 Å². The molecular formula is C15H12BrCl2NO. The molecule has 20 heavy (non-hydrogen) atoms. The fourth-order valence-electron chi connectivity index (χ4n) is 2.44. The molecule has 2 atom stereocenters. The Morgan fingerprint density at radius 3 is 2.50 bits per heavy atom. The van der Waals surface area contributed by atoms with Crippen molar-refractivity contribution in [3.8, 4) is 5.75 Å². The number of nitrogens with two attached hydrogens (primary N) is 1. The first-order valence-corrected chi connectivity index (χ1v) is 7.75. The van der Waals surface area contributed by atoms with Gasteiger partial charge in [0.1, 0.15) is 11.9 Å². The molecule has 2 aromatic carbocycles. The number of benzene rings is 2. The molecule has 2 N–H and O–H groups in total. The minimum absolute atomic E-state index is 0.0605. The second-order valence-electron chi connectivity index (χ2n) is 4.83. The second-order valence-corrected chi connectivity index (χ2v) is 6.62. The molecule has 1 aliphatic heterocycles. The molecule has 0 bridgehead atoms. The summed E-state index contributed by atoms with van der Waals surface area (Å²) in [4.78, 5) is 0. The zero-order valence-corrected chi connectivity index (χ0v) is 13.5. The normalized spacial score (nSPS) is 21.2. The molecule has 2 nitrogen and oxygen atoms in total. The molecule has 0 spiro atoms. The summed E-state index contributed by atoms with van der Waals surface area (Å²) in [5.41, 5.74) is 8.21. The van der Waals surface area contributed by atoms with Gasteiger partial charge in [0.25, 0.3) is 0 Å². The van der Waals surface area contributed by atoms with E-state index in [1.165, 1.54) is 0 Å². The van der Waals surface area contributed by atoms with Crippen LogP contribution in [-0.2, 0) is 0 Å². The quantitative estimate of drug-likeness (QED) is 0.738. The lowest BCUT2D eigenvalue weighted by atomic mass is 9.94. The molecule has 1 aliphatic rings. The van der Waals surface area contributed by atoms with E-state index >= 15 is 0 Å². The second kappa shape index (κ2) is 5.57. The molecule has 0 radical (unpaired) electrons. The van der Waals surface area contributed by atoms with Gasteiger partial charge in [-0.2, -0.15) is 0 Å². The zero-order valence-electron chi connectivity index (χ0n) is 10.4. The van der Waals surface area contributed by atoms with Gasteiger partial charge in [0.05, 0.1) is 0 Å². The summed E-state index contributed by atoms with van der Waals surface area (Å²) in [6.07, 6.45) is 0.564. The van der Waals surface area contributed by atoms with Crippen LogP contribution in [0.15, 0.2) is 40.9 Å². The monoisotopic (exact) mass is 371 g/mol. The van der Waals surface area contributed by atoms with Crippen LogP contribution in [0.3, 0.4) is 0 Å². The van der Waals surface area contributed by atoms with Gasteiger partial charge in [0.2, 0.25) is 0 Å². The van der Waals surface area contributed by atoms with Crippen molar-refractivity contribution >= 4 is 39.1 Å². The van der Waals surface area contributed by atoms with Crippen molar-refractivity contribution in [2.24, 2.45) is 5.73 Å². The maximum atomic E-state index is 6.24. The van der Waals surface area contributed by atoms with Crippen molar-refractivity contribution in [2.45, 2.75) is 18.6 Å². The Kier molecular flexibility index (Phi) is 3.95. The van der Waals surface area contributed by atoms with E-state index in [9.17, 15) is 0 Å². The summed E-state index contributed by atoms with van der Waals surface area (Å²) in [5.74, 6) is 0.805. The van der Waals surface area contributed by atoms with Crippen molar-refractivity contribution < 1.29 is 4.74 Å². The molecule has 1 heterocycles. The summed E-state index contributed by atoms with van der Waals surface area (Å²) < 4.78 is 7.02. The van der Waals surface area contributed by atoms with Gasteiger partial charge < -0.3 is 10.5 Å². The smallest absolute Gasteiger partial charge is 0.126 e. The lowest BCUT2D eigenvalue weighted by Gasteiger charge is -2.31. The van der Waals surface area contributed by atoms with E-state index in [1.54, 1.807) is 6.07 Å². The van der Waals surface area contributed by atoms with Crippen LogP contribution in [0.2, 0.25) is 10.0 Å². The number of ether oxygens (including phenoxy) is 1. The molecule has 0 fully saturated rings. The highest BCUT2D eigenvalue weighted by molar-refractivity contribution is 9.10. The average Bonchev–Trinajstić information content (AvgIpc) is 2.36. The molecule has 0 saturated carbocycles. The van der Waals surface area contributed by atoms with Crippen molar-refractivity contribution in [3.05, 3.63) is 62.0 Å². The Hall–Kier alpha value is -0.740. The largest absolute Gasteiger partial charge is 0.485 e. The Labute approximate surface area is 136 Å². The number of rotatable bonds is 1. The van der Waals surface area contributed by atoms with Gasteiger partial charge >= 0.3 is 0 Å². The molecule has 0 aromatic heterocycles. The van der Waals surface area contributed by atoms with Gasteiger partial charge in [-0.05, 0) is 35.9 Å². The standard InChI is InChI=1S/C15H12BrCl2NO/c16-9-1-2-12-13(19)7-14(20-15(12)5-9)8-3-10(17)6-11(18)4-8/h1-6,13-14H,7,19H2/t13-,14?/m1/s1. The van der Waals surface area contributed by atoms with E-state index in [2.05, 4.69) is 15.9 Å². The van der Waals surface area contributed by atoms with Gasteiger partial charge in [-0.15, -0.1) is 0 Å². The fraction of sp³-hybridized carbons (Fsp3) is 0.200. The van der Waals surface area contributed by atoms with E-state index in [0.29, 0.717) is 16.5 Å². The average molecular weight is 373 g/mol. The van der Waals surface area contributed by atoms with Crippen LogP contribution in [0.25, 0.3) is 0 Å². The van der Waals surface area contributed by atoms with Crippen LogP contribution >= 0.6 is 39.1 Å². The highest BCUT2D eigenvalue weighted by Gasteiger charge is 2.27. The predicted octanol–water partition coefficient (Wildman–Crippen LogP) is 5.28. The predicted molar refractivity (Wildman–Crippen MR) is 85.5 cm³/mol. The van der Waals surface area contributed by atoms with Gasteiger partial charge in [-0.3, -0.25) is 0 Å². The Balaban J connectivity index is 1.98. The molecule has 0 aliphatic carbocycles. The summed E-state index contributed by atoms with van der Waals surface area (Å²) in [7, 11) is 0. The van der Waals surface area contributed by atoms with Crippen LogP contribution in [0, 0.1) is 0 Å². The molecule has 1 unspecified atom stereocenters. The van der Waals surface area contributed by atoms with Crippen LogP contribution in [0.5, 0.6) is 5.75 Å². The van der Waals surface area contributed by atoms with Gasteiger partial charge in [0.15, 0.2) is 0 Å². The number of halogens is 3. The summed E-state index contributed by atoms with van der Waals surface area (Å²) in [6, 6.07) is 11.3. The molecular weight excluding hydrogens is 361 g/mol. The first-order valence-electron chi connectivity index (χ1n) is 6.20. The Bertz CT molecular complexity index is 642. The van der Waals surface area contributed by atoms with E-state index < -0.39 is 0 Å². The van der Waals surface area contributed by atoms with Crippen molar-refractivity contribution in [3.63, 3.8) is 0 Å². The van der Waals surface area contributed by atoms with Crippen molar-refractivity contribution in [1.82, 2.24) is 0 Å². The molecule has 5 heteroatoms. The molecule has 104 valence electrons. The first kappa shape index (κ1) is 14.2. The minimum Gasteiger partial charge on any atom is -0.485 e. The van der Waals surface area contributed by atoms with Gasteiger partial charge in [-0.25, -0.2) is 0 Å². The van der Waals surface area contributed by atoms with Crippen molar-refractivity contribution in [1.29, 1.82) is 0 Å². The van der Waals surface area contributed by atoms with Crippen LogP contribution < -0.4 is 10.5 Å². The molecule has 0 saturated heterocycles. The third-order valence-corrected chi connectivity index (χ3v) is 4.30. The lowest BCUT2D eigenvalue weighted by molar-refractivity contribution is 0.161. The van der Waals surface area contributed by atoms with Crippen LogP contribution in [-0.4, -0.2) is 0 Å². The van der Waals surface area contributed by atoms with E-state index in [0.717, 1.165) is 21.3 Å². The number of fused-ring (bicyclic) bond motifs is 1. The Morgan fingerprint density at radius 1 is 1.10 bits per heavy atom. The minimum atomic E-state index is -0.136. The maximum absolute atomic E-state index is 6.24. The topological polar surface area (TPSA) is 35.2 Å². The third kappa shape index (κ3) is 2.82. The molecule has 3 rings (SSSR count). The van der Waals surface area contributed by atoms with Gasteiger partial charge in [-0.1, -0.05) is 45.2 Å². The number of hydrogen-bond donors (Lipinski definition) is 1. The SMILES string of the molecule is N[C@@H]1CC(c2cc(Cl)cc(Cl)c2)Oc2cc(Br)ccc21. The molecule has 0 amide bonds. The maximum Gasteiger partial charge on any atom is 0.126 e. The highest BCUT2D eigenvalue weighted by Crippen LogP contribution is 2.41. The van der Waals surface area contributed by atoms with E-state index in [1.807, 2.05) is 30.3 Å². The van der Waals surface area contributed by atoms with Crippen molar-refractivity contribution in [2.75, 3.05) is 0 Å². The van der Waals surface area contributed by atoms with Gasteiger partial charge in [0, 0.05) is 32.5 Å². The summed E-state index contributed by atoms with van der Waals surface area (Å²) in [6.45, 7) is 0. The zero-order chi connectivity index (χ0) is 14.3. The highest BCUT2D eigenvalue weighted by atomic mass is 79.9. The van der Waals surface area contributed by atoms with Crippen LogP contribution in [0.4, 0.5) is 0 Å². The van der Waals surface area contributed by atoms with Crippen LogP contribution in [0.1, 0.15) is 29.7 Å². The first-order chi connectivity index (χ1) is 9.52. The summed E-state index contributed by atoms with van der Waals surface area (Å²) in [5, 5.41) is 1.20. The third-order valence-electron chi connectivity index (χ3n) is 3.37. The fourth-order valence-corrected chi connectivity index (χ4v) is 3.32. The summed E-state index contributed by atoms with van der Waals surface area (Å²) >= 11 is 15.6.